The van der Waals surface area contributed by atoms with Gasteiger partial charge in [-0.25, -0.2) is 0 Å². The van der Waals surface area contributed by atoms with Crippen molar-refractivity contribution >= 4 is 28.3 Å². The van der Waals surface area contributed by atoms with E-state index in [0.29, 0.717) is 5.92 Å². The van der Waals surface area contributed by atoms with Gasteiger partial charge in [0.1, 0.15) is 5.75 Å². The molecule has 0 unspecified atom stereocenters. The first kappa shape index (κ1) is 16.8. The maximum atomic E-state index is 6.14. The lowest BCUT2D eigenvalue weighted by Gasteiger charge is -2.14. The number of nitrogens with two attached hydrogens (primary N) is 1. The van der Waals surface area contributed by atoms with Gasteiger partial charge in [0.15, 0.2) is 0 Å². The van der Waals surface area contributed by atoms with Gasteiger partial charge in [0.25, 0.3) is 0 Å². The molecule has 2 nitrogen and oxygen atoms in total. The fraction of sp³-hybridized carbons (Fsp3) is 0.538. The lowest BCUT2D eigenvalue weighted by atomic mass is 9.98. The van der Waals surface area contributed by atoms with Crippen LogP contribution in [0.5, 0.6) is 5.75 Å². The minimum absolute atomic E-state index is 0. The van der Waals surface area contributed by atoms with Crippen molar-refractivity contribution in [3.05, 3.63) is 28.2 Å². The molecule has 1 aromatic rings. The van der Waals surface area contributed by atoms with E-state index in [1.165, 1.54) is 0 Å². The Labute approximate surface area is 118 Å². The van der Waals surface area contributed by atoms with Crippen LogP contribution >= 0.6 is 28.3 Å². The van der Waals surface area contributed by atoms with Gasteiger partial charge < -0.3 is 10.5 Å². The van der Waals surface area contributed by atoms with Crippen molar-refractivity contribution in [2.75, 3.05) is 7.11 Å². The Morgan fingerprint density at radius 1 is 1.29 bits per heavy atom. The van der Waals surface area contributed by atoms with Gasteiger partial charge in [0.2, 0.25) is 0 Å². The van der Waals surface area contributed by atoms with Crippen molar-refractivity contribution in [1.82, 2.24) is 0 Å². The van der Waals surface area contributed by atoms with Crippen LogP contribution in [0.3, 0.4) is 0 Å². The molecule has 2 N–H and O–H groups in total. The normalized spacial score (nSPS) is 12.1. The van der Waals surface area contributed by atoms with Crippen LogP contribution in [0, 0.1) is 5.92 Å². The van der Waals surface area contributed by atoms with Gasteiger partial charge in [-0.15, -0.1) is 12.4 Å². The highest BCUT2D eigenvalue weighted by atomic mass is 79.9. The summed E-state index contributed by atoms with van der Waals surface area (Å²) < 4.78 is 6.16. The van der Waals surface area contributed by atoms with Crippen LogP contribution in [0.1, 0.15) is 38.3 Å². The second kappa shape index (κ2) is 7.96. The molecule has 0 bridgehead atoms. The summed E-state index contributed by atoms with van der Waals surface area (Å²) in [4.78, 5) is 0. The van der Waals surface area contributed by atoms with E-state index in [-0.39, 0.29) is 18.4 Å². The lowest BCUT2D eigenvalue weighted by Crippen LogP contribution is -2.11. The molecular weight excluding hydrogens is 302 g/mol. The van der Waals surface area contributed by atoms with Crippen LogP contribution in [0.2, 0.25) is 0 Å². The molecule has 0 amide bonds. The molecule has 1 rings (SSSR count). The van der Waals surface area contributed by atoms with E-state index in [9.17, 15) is 0 Å². The molecular formula is C13H21BrClNO. The standard InChI is InChI=1S/C13H20BrNO.ClH/c1-9(2)4-6-12(15)10-5-7-13(16-3)11(14)8-10;/h5,7-9,12H,4,6,15H2,1-3H3;1H/t12-;/m1./s1. The Kier molecular flexibility index (Phi) is 7.84. The Balaban J connectivity index is 0.00000256. The quantitative estimate of drug-likeness (QED) is 0.876. The molecule has 0 aliphatic heterocycles. The smallest absolute Gasteiger partial charge is 0.133 e. The van der Waals surface area contributed by atoms with Crippen LogP contribution in [0.25, 0.3) is 0 Å². The Bertz CT molecular complexity index is 344. The predicted molar refractivity (Wildman–Crippen MR) is 78.9 cm³/mol. The first-order chi connectivity index (χ1) is 7.54. The summed E-state index contributed by atoms with van der Waals surface area (Å²) in [5.74, 6) is 1.55. The number of ether oxygens (including phenoxy) is 1. The zero-order chi connectivity index (χ0) is 12.1. The molecule has 98 valence electrons. The summed E-state index contributed by atoms with van der Waals surface area (Å²) in [6, 6.07) is 6.15. The molecule has 1 atom stereocenters. The van der Waals surface area contributed by atoms with Gasteiger partial charge >= 0.3 is 0 Å². The summed E-state index contributed by atoms with van der Waals surface area (Å²) in [6.45, 7) is 4.44. The van der Waals surface area contributed by atoms with E-state index < -0.39 is 0 Å². The van der Waals surface area contributed by atoms with Crippen molar-refractivity contribution in [1.29, 1.82) is 0 Å². The van der Waals surface area contributed by atoms with Gasteiger partial charge in [0.05, 0.1) is 11.6 Å². The van der Waals surface area contributed by atoms with Crippen molar-refractivity contribution in [2.45, 2.75) is 32.7 Å². The average Bonchev–Trinajstić information content (AvgIpc) is 2.25. The average molecular weight is 323 g/mol. The third-order valence-corrected chi connectivity index (χ3v) is 3.28. The van der Waals surface area contributed by atoms with Gasteiger partial charge in [0, 0.05) is 6.04 Å². The molecule has 17 heavy (non-hydrogen) atoms. The van der Waals surface area contributed by atoms with Crippen molar-refractivity contribution in [3.8, 4) is 5.75 Å². The monoisotopic (exact) mass is 321 g/mol. The van der Waals surface area contributed by atoms with E-state index in [2.05, 4.69) is 29.8 Å². The number of methoxy groups -OCH3 is 1. The molecule has 0 saturated heterocycles. The van der Waals surface area contributed by atoms with Crippen molar-refractivity contribution in [2.24, 2.45) is 11.7 Å². The minimum Gasteiger partial charge on any atom is -0.496 e. The Morgan fingerprint density at radius 2 is 1.94 bits per heavy atom. The van der Waals surface area contributed by atoms with Crippen LogP contribution in [-0.4, -0.2) is 7.11 Å². The van der Waals surface area contributed by atoms with Gasteiger partial charge in [-0.1, -0.05) is 19.9 Å². The van der Waals surface area contributed by atoms with Crippen molar-refractivity contribution < 1.29 is 4.74 Å². The maximum absolute atomic E-state index is 6.14. The second-order valence-electron chi connectivity index (χ2n) is 4.47. The Hall–Kier alpha value is -0.250. The molecule has 1 aromatic carbocycles. The van der Waals surface area contributed by atoms with Gasteiger partial charge in [-0.2, -0.15) is 0 Å². The first-order valence-corrected chi connectivity index (χ1v) is 6.43. The number of benzene rings is 1. The lowest BCUT2D eigenvalue weighted by molar-refractivity contribution is 0.411. The fourth-order valence-electron chi connectivity index (χ4n) is 1.59. The zero-order valence-electron chi connectivity index (χ0n) is 10.6. The Morgan fingerprint density at radius 3 is 2.41 bits per heavy atom. The molecule has 0 aromatic heterocycles. The summed E-state index contributed by atoms with van der Waals surface area (Å²) in [5.41, 5.74) is 7.30. The van der Waals surface area contributed by atoms with E-state index in [1.54, 1.807) is 7.11 Å². The highest BCUT2D eigenvalue weighted by molar-refractivity contribution is 9.10. The highest BCUT2D eigenvalue weighted by Crippen LogP contribution is 2.29. The topological polar surface area (TPSA) is 35.2 Å². The van der Waals surface area contributed by atoms with E-state index in [1.807, 2.05) is 18.2 Å². The SMILES string of the molecule is COc1ccc([C@H](N)CCC(C)C)cc1Br.Cl. The summed E-state index contributed by atoms with van der Waals surface area (Å²) in [6.07, 6.45) is 2.18. The first-order valence-electron chi connectivity index (χ1n) is 5.63. The molecule has 4 heteroatoms. The molecule has 0 spiro atoms. The van der Waals surface area contributed by atoms with Gasteiger partial charge in [-0.05, 0) is 52.4 Å². The molecule has 0 radical (unpaired) electrons. The molecule has 0 aliphatic carbocycles. The van der Waals surface area contributed by atoms with Crippen LogP contribution < -0.4 is 10.5 Å². The highest BCUT2D eigenvalue weighted by Gasteiger charge is 2.09. The van der Waals surface area contributed by atoms with Crippen LogP contribution in [-0.2, 0) is 0 Å². The fourth-order valence-corrected chi connectivity index (χ4v) is 2.15. The summed E-state index contributed by atoms with van der Waals surface area (Å²) in [5, 5.41) is 0. The van der Waals surface area contributed by atoms with E-state index >= 15 is 0 Å². The summed E-state index contributed by atoms with van der Waals surface area (Å²) in [7, 11) is 1.67. The predicted octanol–water partition coefficient (Wildman–Crippen LogP) is 4.32. The molecule has 0 fully saturated rings. The van der Waals surface area contributed by atoms with Crippen LogP contribution in [0.4, 0.5) is 0 Å². The molecule has 0 aliphatic rings. The maximum Gasteiger partial charge on any atom is 0.133 e. The molecule has 0 heterocycles. The van der Waals surface area contributed by atoms with E-state index in [4.69, 9.17) is 10.5 Å². The van der Waals surface area contributed by atoms with E-state index in [0.717, 1.165) is 28.6 Å². The minimum atomic E-state index is 0. The summed E-state index contributed by atoms with van der Waals surface area (Å²) >= 11 is 3.48. The van der Waals surface area contributed by atoms with Gasteiger partial charge in [-0.3, -0.25) is 0 Å². The number of hydrogen-bond acceptors (Lipinski definition) is 2. The second-order valence-corrected chi connectivity index (χ2v) is 5.33. The van der Waals surface area contributed by atoms with Crippen molar-refractivity contribution in [3.63, 3.8) is 0 Å². The molecule has 0 saturated carbocycles. The largest absolute Gasteiger partial charge is 0.496 e. The number of halogens is 2. The third-order valence-electron chi connectivity index (χ3n) is 2.66. The number of rotatable bonds is 5. The number of hydrogen-bond donors (Lipinski definition) is 1. The van der Waals surface area contributed by atoms with Crippen LogP contribution in [0.15, 0.2) is 22.7 Å². The zero-order valence-corrected chi connectivity index (χ0v) is 13.0. The third kappa shape index (κ3) is 5.28.